The normalized spacial score (nSPS) is 16.8. The summed E-state index contributed by atoms with van der Waals surface area (Å²) in [4.78, 5) is 14.4. The Hall–Kier alpha value is -2.22. The van der Waals surface area contributed by atoms with Crippen molar-refractivity contribution in [2.75, 3.05) is 18.9 Å². The number of nitrogens with zero attached hydrogens (tertiary/aromatic N) is 1. The Morgan fingerprint density at radius 1 is 1.00 bits per heavy atom. The summed E-state index contributed by atoms with van der Waals surface area (Å²) in [5.41, 5.74) is 1.91. The molecule has 0 aliphatic carbocycles. The standard InChI is InChI=1S/C21H26N2O4S/c24-21(17-28(25,26)22-14-20-12-7-13-27-20)23(15-18-8-3-1-4-9-18)16-19-10-5-2-6-11-19/h1-6,8-11,20,22H,7,12-17H2. The predicted molar refractivity (Wildman–Crippen MR) is 108 cm³/mol. The molecule has 1 N–H and O–H groups in total. The van der Waals surface area contributed by atoms with E-state index in [0.717, 1.165) is 24.0 Å². The molecule has 0 saturated carbocycles. The molecule has 3 rings (SSSR count). The number of carbonyl (C=O) groups excluding carboxylic acids is 1. The van der Waals surface area contributed by atoms with Gasteiger partial charge >= 0.3 is 0 Å². The number of benzene rings is 2. The molecular formula is C21H26N2O4S. The lowest BCUT2D eigenvalue weighted by Gasteiger charge is -2.23. The van der Waals surface area contributed by atoms with E-state index in [1.165, 1.54) is 0 Å². The van der Waals surface area contributed by atoms with E-state index < -0.39 is 21.7 Å². The molecule has 0 spiro atoms. The van der Waals surface area contributed by atoms with Gasteiger partial charge in [-0.3, -0.25) is 4.79 Å². The SMILES string of the molecule is O=C(CS(=O)(=O)NCC1CCCO1)N(Cc1ccccc1)Cc1ccccc1. The van der Waals surface area contributed by atoms with Crippen molar-refractivity contribution in [1.29, 1.82) is 0 Å². The van der Waals surface area contributed by atoms with Crippen molar-refractivity contribution < 1.29 is 17.9 Å². The van der Waals surface area contributed by atoms with Crippen LogP contribution in [0.4, 0.5) is 0 Å². The van der Waals surface area contributed by atoms with Crippen LogP contribution in [0.3, 0.4) is 0 Å². The molecule has 2 aromatic rings. The maximum atomic E-state index is 12.8. The first-order chi connectivity index (χ1) is 13.5. The van der Waals surface area contributed by atoms with Crippen LogP contribution in [0.15, 0.2) is 60.7 Å². The second kappa shape index (κ2) is 9.82. The van der Waals surface area contributed by atoms with Crippen LogP contribution in [0.25, 0.3) is 0 Å². The molecule has 1 aliphatic heterocycles. The van der Waals surface area contributed by atoms with Gasteiger partial charge in [0.2, 0.25) is 15.9 Å². The minimum Gasteiger partial charge on any atom is -0.377 e. The summed E-state index contributed by atoms with van der Waals surface area (Å²) in [5.74, 6) is -0.994. The topological polar surface area (TPSA) is 75.7 Å². The molecule has 0 aromatic heterocycles. The fourth-order valence-electron chi connectivity index (χ4n) is 3.17. The van der Waals surface area contributed by atoms with Gasteiger partial charge < -0.3 is 9.64 Å². The molecule has 1 fully saturated rings. The predicted octanol–water partition coefficient (Wildman–Crippen LogP) is 2.31. The first-order valence-corrected chi connectivity index (χ1v) is 11.1. The van der Waals surface area contributed by atoms with E-state index in [-0.39, 0.29) is 12.6 Å². The number of rotatable bonds is 9. The fraction of sp³-hybridized carbons (Fsp3) is 0.381. The molecular weight excluding hydrogens is 376 g/mol. The summed E-state index contributed by atoms with van der Waals surface area (Å²) in [6, 6.07) is 19.1. The van der Waals surface area contributed by atoms with Crippen molar-refractivity contribution in [1.82, 2.24) is 9.62 Å². The van der Waals surface area contributed by atoms with Crippen molar-refractivity contribution in [2.24, 2.45) is 0 Å². The zero-order valence-electron chi connectivity index (χ0n) is 15.8. The zero-order chi connectivity index (χ0) is 19.8. The van der Waals surface area contributed by atoms with E-state index in [1.54, 1.807) is 4.90 Å². The smallest absolute Gasteiger partial charge is 0.239 e. The summed E-state index contributed by atoms with van der Waals surface area (Å²) < 4.78 is 32.7. The first kappa shape index (κ1) is 20.5. The van der Waals surface area contributed by atoms with Gasteiger partial charge in [0.1, 0.15) is 5.75 Å². The second-order valence-electron chi connectivity index (χ2n) is 6.96. The Morgan fingerprint density at radius 2 is 1.57 bits per heavy atom. The maximum Gasteiger partial charge on any atom is 0.239 e. The largest absolute Gasteiger partial charge is 0.377 e. The van der Waals surface area contributed by atoms with Crippen LogP contribution in [0.5, 0.6) is 0 Å². The van der Waals surface area contributed by atoms with E-state index in [1.807, 2.05) is 60.7 Å². The van der Waals surface area contributed by atoms with E-state index in [9.17, 15) is 13.2 Å². The summed E-state index contributed by atoms with van der Waals surface area (Å²) in [6.45, 7) is 1.59. The highest BCUT2D eigenvalue weighted by molar-refractivity contribution is 7.90. The van der Waals surface area contributed by atoms with Gasteiger partial charge in [-0.1, -0.05) is 60.7 Å². The Morgan fingerprint density at radius 3 is 2.07 bits per heavy atom. The number of amides is 1. The lowest BCUT2D eigenvalue weighted by molar-refractivity contribution is -0.129. The molecule has 6 nitrogen and oxygen atoms in total. The maximum absolute atomic E-state index is 12.8. The highest BCUT2D eigenvalue weighted by atomic mass is 32.2. The van der Waals surface area contributed by atoms with Gasteiger partial charge in [0.05, 0.1) is 6.10 Å². The first-order valence-electron chi connectivity index (χ1n) is 9.46. The molecule has 1 unspecified atom stereocenters. The van der Waals surface area contributed by atoms with Crippen LogP contribution in [0.1, 0.15) is 24.0 Å². The van der Waals surface area contributed by atoms with E-state index in [0.29, 0.717) is 19.7 Å². The Labute approximate surface area is 166 Å². The monoisotopic (exact) mass is 402 g/mol. The molecule has 0 radical (unpaired) electrons. The molecule has 1 heterocycles. The third-order valence-corrected chi connectivity index (χ3v) is 5.89. The van der Waals surface area contributed by atoms with Crippen molar-refractivity contribution in [2.45, 2.75) is 32.0 Å². The summed E-state index contributed by atoms with van der Waals surface area (Å²) in [5, 5.41) is 0. The molecule has 7 heteroatoms. The fourth-order valence-corrected chi connectivity index (χ4v) is 4.22. The highest BCUT2D eigenvalue weighted by Gasteiger charge is 2.24. The van der Waals surface area contributed by atoms with Crippen LogP contribution in [-0.4, -0.2) is 44.2 Å². The zero-order valence-corrected chi connectivity index (χ0v) is 16.6. The molecule has 1 amide bonds. The van der Waals surface area contributed by atoms with Crippen LogP contribution in [0, 0.1) is 0 Å². The third-order valence-electron chi connectivity index (χ3n) is 4.65. The van der Waals surface area contributed by atoms with E-state index >= 15 is 0 Å². The van der Waals surface area contributed by atoms with E-state index in [4.69, 9.17) is 4.74 Å². The molecule has 28 heavy (non-hydrogen) atoms. The van der Waals surface area contributed by atoms with E-state index in [2.05, 4.69) is 4.72 Å². The number of carbonyl (C=O) groups is 1. The van der Waals surface area contributed by atoms with Gasteiger partial charge in [-0.25, -0.2) is 13.1 Å². The minimum atomic E-state index is -3.72. The number of nitrogens with one attached hydrogen (secondary N) is 1. The molecule has 2 aromatic carbocycles. The Kier molecular flexibility index (Phi) is 7.19. The summed E-state index contributed by atoms with van der Waals surface area (Å²) in [7, 11) is -3.72. The molecule has 150 valence electrons. The van der Waals surface area contributed by atoms with Gasteiger partial charge in [0.25, 0.3) is 0 Å². The minimum absolute atomic E-state index is 0.102. The van der Waals surface area contributed by atoms with Crippen LogP contribution >= 0.6 is 0 Å². The quantitative estimate of drug-likeness (QED) is 0.698. The van der Waals surface area contributed by atoms with Gasteiger partial charge in [-0.15, -0.1) is 0 Å². The van der Waals surface area contributed by atoms with Crippen molar-refractivity contribution in [3.8, 4) is 0 Å². The second-order valence-corrected chi connectivity index (χ2v) is 8.77. The molecule has 1 saturated heterocycles. The van der Waals surface area contributed by atoms with Gasteiger partial charge in [-0.2, -0.15) is 0 Å². The highest BCUT2D eigenvalue weighted by Crippen LogP contribution is 2.13. The average molecular weight is 403 g/mol. The lowest BCUT2D eigenvalue weighted by atomic mass is 10.1. The third kappa shape index (κ3) is 6.44. The van der Waals surface area contributed by atoms with Crippen molar-refractivity contribution in [3.05, 3.63) is 71.8 Å². The lowest BCUT2D eigenvalue weighted by Crippen LogP contribution is -2.40. The number of sulfonamides is 1. The average Bonchev–Trinajstić information content (AvgIpc) is 3.21. The van der Waals surface area contributed by atoms with Crippen LogP contribution < -0.4 is 4.72 Å². The Balaban J connectivity index is 1.66. The van der Waals surface area contributed by atoms with Crippen LogP contribution in [0.2, 0.25) is 0 Å². The molecule has 1 aliphatic rings. The number of ether oxygens (including phenoxy) is 1. The number of hydrogen-bond donors (Lipinski definition) is 1. The van der Waals surface area contributed by atoms with Crippen molar-refractivity contribution >= 4 is 15.9 Å². The summed E-state index contributed by atoms with van der Waals surface area (Å²) >= 11 is 0. The Bertz CT molecular complexity index is 809. The van der Waals surface area contributed by atoms with Crippen LogP contribution in [-0.2, 0) is 32.6 Å². The summed E-state index contributed by atoms with van der Waals surface area (Å²) in [6.07, 6.45) is 1.67. The molecule has 1 atom stereocenters. The van der Waals surface area contributed by atoms with Gasteiger partial charge in [0.15, 0.2) is 0 Å². The number of hydrogen-bond acceptors (Lipinski definition) is 4. The molecule has 0 bridgehead atoms. The van der Waals surface area contributed by atoms with Crippen molar-refractivity contribution in [3.63, 3.8) is 0 Å². The van der Waals surface area contributed by atoms with Gasteiger partial charge in [0, 0.05) is 26.2 Å². The van der Waals surface area contributed by atoms with Gasteiger partial charge in [-0.05, 0) is 24.0 Å².